The van der Waals surface area contributed by atoms with Crippen LogP contribution in [0.1, 0.15) is 32.4 Å². The summed E-state index contributed by atoms with van der Waals surface area (Å²) in [6.07, 6.45) is 1.32. The highest BCUT2D eigenvalue weighted by Crippen LogP contribution is 2.20. The van der Waals surface area contributed by atoms with E-state index in [0.29, 0.717) is 10.0 Å². The minimum Gasteiger partial charge on any atom is -0.345 e. The molecule has 0 heterocycles. The van der Waals surface area contributed by atoms with Crippen molar-refractivity contribution in [1.29, 1.82) is 0 Å². The van der Waals surface area contributed by atoms with E-state index in [4.69, 9.17) is 0 Å². The Bertz CT molecular complexity index is 515. The molecule has 0 aliphatic heterocycles. The Morgan fingerprint density at radius 1 is 1.50 bits per heavy atom. The first-order valence-electron chi connectivity index (χ1n) is 5.55. The third-order valence-electron chi connectivity index (χ3n) is 2.28. The van der Waals surface area contributed by atoms with E-state index in [1.54, 1.807) is 19.1 Å². The fraction of sp³-hybridized carbons (Fsp3) is 0.286. The van der Waals surface area contributed by atoms with Crippen molar-refractivity contribution < 1.29 is 9.18 Å². The summed E-state index contributed by atoms with van der Waals surface area (Å²) in [6.45, 7) is 5.43. The lowest BCUT2D eigenvalue weighted by Gasteiger charge is -2.13. The molecule has 2 nitrogen and oxygen atoms in total. The Morgan fingerprint density at radius 2 is 2.17 bits per heavy atom. The second kappa shape index (κ2) is 6.53. The first-order valence-corrected chi connectivity index (χ1v) is 6.35. The van der Waals surface area contributed by atoms with Gasteiger partial charge in [-0.15, -0.1) is 5.73 Å². The Labute approximate surface area is 115 Å². The number of nitrogens with one attached hydrogen (secondary N) is 1. The summed E-state index contributed by atoms with van der Waals surface area (Å²) in [7, 11) is 0. The van der Waals surface area contributed by atoms with Crippen LogP contribution >= 0.6 is 15.9 Å². The molecular weight excluding hydrogens is 297 g/mol. The van der Waals surface area contributed by atoms with Crippen LogP contribution in [0.3, 0.4) is 0 Å². The molecule has 96 valence electrons. The lowest BCUT2D eigenvalue weighted by Crippen LogP contribution is -2.25. The van der Waals surface area contributed by atoms with Crippen molar-refractivity contribution >= 4 is 21.8 Å². The molecule has 0 saturated carbocycles. The zero-order chi connectivity index (χ0) is 13.7. The van der Waals surface area contributed by atoms with Gasteiger partial charge in [0.2, 0.25) is 0 Å². The van der Waals surface area contributed by atoms with E-state index in [9.17, 15) is 9.18 Å². The molecule has 1 aromatic rings. The molecular formula is C14H15BrFNO. The van der Waals surface area contributed by atoms with E-state index in [2.05, 4.69) is 27.0 Å². The number of halogens is 2. The second-order valence-electron chi connectivity index (χ2n) is 4.18. The first kappa shape index (κ1) is 14.7. The van der Waals surface area contributed by atoms with Crippen LogP contribution in [-0.4, -0.2) is 5.91 Å². The van der Waals surface area contributed by atoms with Gasteiger partial charge in [0.25, 0.3) is 5.91 Å². The quantitative estimate of drug-likeness (QED) is 0.666. The van der Waals surface area contributed by atoms with Crippen LogP contribution in [0.5, 0.6) is 0 Å². The molecule has 1 atom stereocenters. The molecule has 4 heteroatoms. The number of amides is 1. The van der Waals surface area contributed by atoms with E-state index in [1.807, 2.05) is 13.8 Å². The molecule has 18 heavy (non-hydrogen) atoms. The Kier molecular flexibility index (Phi) is 5.32. The van der Waals surface area contributed by atoms with E-state index in [0.717, 1.165) is 5.57 Å². The Hall–Kier alpha value is -1.38. The minimum absolute atomic E-state index is 0.286. The van der Waals surface area contributed by atoms with Gasteiger partial charge in [0, 0.05) is 16.1 Å². The van der Waals surface area contributed by atoms with Crippen molar-refractivity contribution in [2.75, 3.05) is 0 Å². The average molecular weight is 312 g/mol. The number of hydrogen-bond donors (Lipinski definition) is 1. The highest BCUT2D eigenvalue weighted by molar-refractivity contribution is 9.10. The SMILES string of the molecule is CC(C)=C=CC(=O)N[C@H](C)c1ccc(Br)cc1F. The van der Waals surface area contributed by atoms with Crippen LogP contribution in [0.15, 0.2) is 40.1 Å². The molecule has 0 saturated heterocycles. The van der Waals surface area contributed by atoms with Crippen molar-refractivity contribution in [2.45, 2.75) is 26.8 Å². The number of rotatable bonds is 3. The van der Waals surface area contributed by atoms with Gasteiger partial charge in [-0.2, -0.15) is 0 Å². The summed E-state index contributed by atoms with van der Waals surface area (Å²) in [5.74, 6) is -0.630. The molecule has 1 rings (SSSR count). The third-order valence-corrected chi connectivity index (χ3v) is 2.77. The Balaban J connectivity index is 2.80. The molecule has 0 spiro atoms. The molecule has 0 unspecified atom stereocenters. The van der Waals surface area contributed by atoms with Gasteiger partial charge in [-0.3, -0.25) is 4.79 Å². The van der Waals surface area contributed by atoms with Crippen molar-refractivity contribution in [3.8, 4) is 0 Å². The maximum Gasteiger partial charge on any atom is 0.252 e. The van der Waals surface area contributed by atoms with Crippen LogP contribution in [0.25, 0.3) is 0 Å². The normalized spacial score (nSPS) is 11.4. The fourth-order valence-electron chi connectivity index (χ4n) is 1.40. The van der Waals surface area contributed by atoms with E-state index < -0.39 is 0 Å². The first-order chi connectivity index (χ1) is 8.40. The summed E-state index contributed by atoms with van der Waals surface area (Å²) in [4.78, 5) is 11.5. The summed E-state index contributed by atoms with van der Waals surface area (Å²) in [5.41, 5.74) is 4.17. The number of benzene rings is 1. The van der Waals surface area contributed by atoms with E-state index in [1.165, 1.54) is 12.1 Å². The average Bonchev–Trinajstić information content (AvgIpc) is 2.26. The maximum absolute atomic E-state index is 13.7. The van der Waals surface area contributed by atoms with Gasteiger partial charge in [0.05, 0.1) is 6.04 Å². The predicted octanol–water partition coefficient (Wildman–Crippen LogP) is 3.89. The molecule has 0 radical (unpaired) electrons. The molecule has 0 aliphatic carbocycles. The Morgan fingerprint density at radius 3 is 2.72 bits per heavy atom. The zero-order valence-electron chi connectivity index (χ0n) is 10.6. The molecule has 0 aliphatic rings. The lowest BCUT2D eigenvalue weighted by atomic mass is 10.1. The maximum atomic E-state index is 13.7. The van der Waals surface area contributed by atoms with Crippen LogP contribution in [-0.2, 0) is 4.79 Å². The highest BCUT2D eigenvalue weighted by Gasteiger charge is 2.12. The van der Waals surface area contributed by atoms with Crippen molar-refractivity contribution in [3.05, 3.63) is 51.4 Å². The summed E-state index contributed by atoms with van der Waals surface area (Å²) >= 11 is 3.19. The topological polar surface area (TPSA) is 29.1 Å². The van der Waals surface area contributed by atoms with Crippen molar-refractivity contribution in [1.82, 2.24) is 5.32 Å². The lowest BCUT2D eigenvalue weighted by molar-refractivity contribution is -0.117. The van der Waals surface area contributed by atoms with Gasteiger partial charge >= 0.3 is 0 Å². The van der Waals surface area contributed by atoms with Crippen LogP contribution < -0.4 is 5.32 Å². The zero-order valence-corrected chi connectivity index (χ0v) is 12.1. The van der Waals surface area contributed by atoms with Crippen molar-refractivity contribution in [2.24, 2.45) is 0 Å². The largest absolute Gasteiger partial charge is 0.345 e. The summed E-state index contributed by atoms with van der Waals surface area (Å²) < 4.78 is 14.3. The van der Waals surface area contributed by atoms with Gasteiger partial charge in [0.15, 0.2) is 0 Å². The number of carbonyl (C=O) groups excluding carboxylic acids is 1. The second-order valence-corrected chi connectivity index (χ2v) is 5.10. The molecule has 1 N–H and O–H groups in total. The van der Waals surface area contributed by atoms with Crippen LogP contribution in [0, 0.1) is 5.82 Å². The molecule has 0 bridgehead atoms. The standard InChI is InChI=1S/C14H15BrFNO/c1-9(2)4-7-14(18)17-10(3)12-6-5-11(15)8-13(12)16/h5-8,10H,1-3H3,(H,17,18)/t10-/m1/s1. The van der Waals surface area contributed by atoms with Crippen LogP contribution in [0.4, 0.5) is 4.39 Å². The monoisotopic (exact) mass is 311 g/mol. The number of carbonyl (C=O) groups is 1. The van der Waals surface area contributed by atoms with Crippen molar-refractivity contribution in [3.63, 3.8) is 0 Å². The third kappa shape index (κ3) is 4.47. The number of hydrogen-bond acceptors (Lipinski definition) is 1. The summed E-state index contributed by atoms with van der Waals surface area (Å²) in [6, 6.07) is 4.38. The van der Waals surface area contributed by atoms with Gasteiger partial charge in [-0.25, -0.2) is 4.39 Å². The van der Waals surface area contributed by atoms with Crippen LogP contribution in [0.2, 0.25) is 0 Å². The molecule has 0 fully saturated rings. The van der Waals surface area contributed by atoms with Gasteiger partial charge < -0.3 is 5.32 Å². The van der Waals surface area contributed by atoms with E-state index >= 15 is 0 Å². The van der Waals surface area contributed by atoms with Gasteiger partial charge in [-0.1, -0.05) is 22.0 Å². The minimum atomic E-state index is -0.388. The highest BCUT2D eigenvalue weighted by atomic mass is 79.9. The fourth-order valence-corrected chi connectivity index (χ4v) is 1.73. The van der Waals surface area contributed by atoms with Gasteiger partial charge in [0.1, 0.15) is 5.82 Å². The smallest absolute Gasteiger partial charge is 0.252 e. The van der Waals surface area contributed by atoms with E-state index in [-0.39, 0.29) is 17.8 Å². The molecule has 1 amide bonds. The predicted molar refractivity (Wildman–Crippen MR) is 73.6 cm³/mol. The van der Waals surface area contributed by atoms with Gasteiger partial charge in [-0.05, 0) is 38.5 Å². The molecule has 1 aromatic carbocycles. The molecule has 0 aromatic heterocycles. The summed E-state index contributed by atoms with van der Waals surface area (Å²) in [5, 5.41) is 2.69.